The number of nitrogens with zero attached hydrogens (tertiary/aromatic N) is 7. The molecular weight excluding hydrogens is 779 g/mol. The molecule has 6 aliphatic rings. The van der Waals surface area contributed by atoms with Crippen molar-refractivity contribution in [3.8, 4) is 17.6 Å². The van der Waals surface area contributed by atoms with E-state index in [1.165, 1.54) is 7.11 Å². The predicted molar refractivity (Wildman–Crippen MR) is 222 cm³/mol. The van der Waals surface area contributed by atoms with E-state index in [4.69, 9.17) is 9.47 Å². The number of amides is 5. The van der Waals surface area contributed by atoms with E-state index in [0.29, 0.717) is 39.8 Å². The third-order valence-corrected chi connectivity index (χ3v) is 13.7. The van der Waals surface area contributed by atoms with E-state index in [9.17, 15) is 29.2 Å². The average Bonchev–Trinajstić information content (AvgIpc) is 3.51. The maximum Gasteiger partial charge on any atom is 0.272 e. The number of piperidine rings is 3. The molecule has 5 amide bonds. The summed E-state index contributed by atoms with van der Waals surface area (Å²) in [5, 5.41) is 23.4. The Morgan fingerprint density at radius 1 is 0.869 bits per heavy atom. The van der Waals surface area contributed by atoms with Crippen LogP contribution in [0.2, 0.25) is 0 Å². The standard InChI is InChI=1S/C45H51N9O7/c1-60-38-23-33(6-2-29(38)24-46)61-32-7-3-30(4-8-32)47-41(56)36-10-12-39(50-49-36)52-18-14-28(15-19-52)25-51-20-16-45(17-21-51)26-53(27-45)31-5-9-34-35(22-31)44(59)54(43(34)58)37-11-13-40(55)48-42(37)57/h2,5-6,9-10,12,22-23,28,30,32,37H,3-4,7-8,11,13-21,25-27H2,1H3,(H,47,56)(H,48,55,57). The summed E-state index contributed by atoms with van der Waals surface area (Å²) in [5.74, 6) is 0.414. The third kappa shape index (κ3) is 8.23. The summed E-state index contributed by atoms with van der Waals surface area (Å²) in [4.78, 5) is 71.8. The monoisotopic (exact) mass is 829 g/mol. The molecule has 318 valence electrons. The first-order valence-corrected chi connectivity index (χ1v) is 21.6. The Hall–Kier alpha value is -6.08. The number of hydrogen-bond donors (Lipinski definition) is 2. The Balaban J connectivity index is 0.682. The summed E-state index contributed by atoms with van der Waals surface area (Å²) in [6, 6.07) is 15.5. The second-order valence-corrected chi connectivity index (χ2v) is 17.6. The number of benzene rings is 2. The van der Waals surface area contributed by atoms with Gasteiger partial charge in [-0.25, -0.2) is 0 Å². The number of rotatable bonds is 10. The summed E-state index contributed by atoms with van der Waals surface area (Å²) in [5.41, 5.74) is 2.57. The minimum Gasteiger partial charge on any atom is -0.495 e. The van der Waals surface area contributed by atoms with Crippen LogP contribution in [0.1, 0.15) is 101 Å². The maximum atomic E-state index is 13.3. The van der Waals surface area contributed by atoms with Crippen LogP contribution in [0, 0.1) is 22.7 Å². The van der Waals surface area contributed by atoms with Crippen molar-refractivity contribution < 1.29 is 33.4 Å². The van der Waals surface area contributed by atoms with Crippen LogP contribution in [0.5, 0.6) is 11.5 Å². The Morgan fingerprint density at radius 3 is 2.31 bits per heavy atom. The molecule has 3 aromatic rings. The molecular formula is C45H51N9O7. The molecule has 5 aliphatic heterocycles. The van der Waals surface area contributed by atoms with Gasteiger partial charge in [0.05, 0.1) is 29.9 Å². The van der Waals surface area contributed by atoms with Crippen LogP contribution >= 0.6 is 0 Å². The van der Waals surface area contributed by atoms with Crippen LogP contribution in [-0.2, 0) is 9.59 Å². The van der Waals surface area contributed by atoms with Gasteiger partial charge in [-0.1, -0.05) is 0 Å². The van der Waals surface area contributed by atoms with Gasteiger partial charge in [-0.15, -0.1) is 10.2 Å². The lowest BCUT2D eigenvalue weighted by Crippen LogP contribution is -2.60. The SMILES string of the molecule is COc1cc(OC2CCC(NC(=O)c3ccc(N4CCC(CN5CCC6(CC5)CN(c5ccc7c(c5)C(=O)N(C5CCC(=O)NC5=O)C7=O)C6)CC4)nn3)CC2)ccc1C#N. The van der Waals surface area contributed by atoms with Gasteiger partial charge in [0.2, 0.25) is 11.8 Å². The van der Waals surface area contributed by atoms with Gasteiger partial charge in [0, 0.05) is 62.4 Å². The zero-order chi connectivity index (χ0) is 42.3. The molecule has 16 heteroatoms. The summed E-state index contributed by atoms with van der Waals surface area (Å²) < 4.78 is 11.5. The zero-order valence-corrected chi connectivity index (χ0v) is 34.4. The van der Waals surface area contributed by atoms with Crippen molar-refractivity contribution in [1.82, 2.24) is 30.6 Å². The molecule has 4 saturated heterocycles. The van der Waals surface area contributed by atoms with Crippen LogP contribution in [0.25, 0.3) is 0 Å². The van der Waals surface area contributed by atoms with E-state index < -0.39 is 23.8 Å². The molecule has 9 rings (SSSR count). The predicted octanol–water partition coefficient (Wildman–Crippen LogP) is 3.70. The molecule has 6 heterocycles. The number of hydrogen-bond acceptors (Lipinski definition) is 13. The number of ether oxygens (including phenoxy) is 2. The van der Waals surface area contributed by atoms with E-state index in [2.05, 4.69) is 41.6 Å². The minimum absolute atomic E-state index is 0.0279. The first-order chi connectivity index (χ1) is 29.6. The fourth-order valence-corrected chi connectivity index (χ4v) is 10.1. The van der Waals surface area contributed by atoms with Crippen molar-refractivity contribution in [3.63, 3.8) is 0 Å². The van der Waals surface area contributed by atoms with Gasteiger partial charge >= 0.3 is 0 Å². The Morgan fingerprint density at radius 2 is 1.62 bits per heavy atom. The topological polar surface area (TPSA) is 190 Å². The van der Waals surface area contributed by atoms with E-state index in [1.54, 1.807) is 36.4 Å². The van der Waals surface area contributed by atoms with Crippen molar-refractivity contribution in [2.75, 3.05) is 62.7 Å². The van der Waals surface area contributed by atoms with Crippen LogP contribution < -0.4 is 29.9 Å². The Labute approximate surface area is 354 Å². The summed E-state index contributed by atoms with van der Waals surface area (Å²) in [6.45, 7) is 6.83. The van der Waals surface area contributed by atoms with Gasteiger partial charge < -0.3 is 29.5 Å². The van der Waals surface area contributed by atoms with E-state index >= 15 is 0 Å². The molecule has 1 saturated carbocycles. The zero-order valence-electron chi connectivity index (χ0n) is 34.4. The highest BCUT2D eigenvalue weighted by Gasteiger charge is 2.47. The van der Waals surface area contributed by atoms with Gasteiger partial charge in [-0.2, -0.15) is 5.26 Å². The molecule has 1 spiro atoms. The molecule has 16 nitrogen and oxygen atoms in total. The van der Waals surface area contributed by atoms with Gasteiger partial charge in [-0.05, 0) is 119 Å². The Bertz CT molecular complexity index is 2250. The lowest BCUT2D eigenvalue weighted by Gasteiger charge is -2.55. The fourth-order valence-electron chi connectivity index (χ4n) is 10.1. The summed E-state index contributed by atoms with van der Waals surface area (Å²) in [6.07, 6.45) is 7.85. The van der Waals surface area contributed by atoms with E-state index in [-0.39, 0.29) is 42.2 Å². The van der Waals surface area contributed by atoms with Crippen molar-refractivity contribution >= 4 is 41.0 Å². The second-order valence-electron chi connectivity index (χ2n) is 17.6. The smallest absolute Gasteiger partial charge is 0.272 e. The molecule has 1 atom stereocenters. The number of anilines is 2. The van der Waals surface area contributed by atoms with Crippen LogP contribution in [-0.4, -0.2) is 121 Å². The van der Waals surface area contributed by atoms with Crippen molar-refractivity contribution in [2.45, 2.75) is 82.4 Å². The van der Waals surface area contributed by atoms with Gasteiger partial charge in [0.25, 0.3) is 17.7 Å². The lowest BCUT2D eigenvalue weighted by atomic mass is 9.71. The lowest BCUT2D eigenvalue weighted by molar-refractivity contribution is -0.136. The highest BCUT2D eigenvalue weighted by atomic mass is 16.5. The first kappa shape index (κ1) is 40.3. The number of fused-ring (bicyclic) bond motifs is 1. The number of nitriles is 1. The summed E-state index contributed by atoms with van der Waals surface area (Å²) >= 11 is 0. The molecule has 2 N–H and O–H groups in total. The molecule has 61 heavy (non-hydrogen) atoms. The van der Waals surface area contributed by atoms with Crippen molar-refractivity contribution in [2.24, 2.45) is 11.3 Å². The maximum absolute atomic E-state index is 13.3. The van der Waals surface area contributed by atoms with Crippen molar-refractivity contribution in [1.29, 1.82) is 5.26 Å². The minimum atomic E-state index is -0.966. The molecule has 1 aromatic heterocycles. The quantitative estimate of drug-likeness (QED) is 0.282. The number of carbonyl (C=O) groups excluding carboxylic acids is 5. The van der Waals surface area contributed by atoms with Gasteiger partial charge in [0.1, 0.15) is 23.6 Å². The highest BCUT2D eigenvalue weighted by molar-refractivity contribution is 6.23. The third-order valence-electron chi connectivity index (χ3n) is 13.7. The molecule has 1 unspecified atom stereocenters. The van der Waals surface area contributed by atoms with Crippen LogP contribution in [0.15, 0.2) is 48.5 Å². The Kier molecular flexibility index (Phi) is 11.1. The molecule has 1 aliphatic carbocycles. The van der Waals surface area contributed by atoms with Crippen LogP contribution in [0.4, 0.5) is 11.5 Å². The molecule has 0 bridgehead atoms. The second kappa shape index (κ2) is 16.8. The number of aromatic nitrogens is 2. The number of methoxy groups -OCH3 is 1. The fraction of sp³-hybridized carbons (Fsp3) is 0.511. The number of likely N-dealkylation sites (tertiary alicyclic amines) is 1. The highest BCUT2D eigenvalue weighted by Crippen LogP contribution is 2.44. The molecule has 2 aromatic carbocycles. The van der Waals surface area contributed by atoms with E-state index in [1.807, 2.05) is 12.1 Å². The van der Waals surface area contributed by atoms with Crippen molar-refractivity contribution in [3.05, 3.63) is 70.9 Å². The average molecular weight is 830 g/mol. The van der Waals surface area contributed by atoms with Gasteiger partial charge in [-0.3, -0.25) is 34.2 Å². The van der Waals surface area contributed by atoms with Gasteiger partial charge in [0.15, 0.2) is 11.5 Å². The number of nitrogens with one attached hydrogen (secondary N) is 2. The molecule has 0 radical (unpaired) electrons. The summed E-state index contributed by atoms with van der Waals surface area (Å²) in [7, 11) is 1.54. The normalized spacial score (nSPS) is 24.2. The molecule has 5 fully saturated rings. The largest absolute Gasteiger partial charge is 0.495 e. The van der Waals surface area contributed by atoms with E-state index in [0.717, 1.165) is 114 Å². The number of imide groups is 2. The van der Waals surface area contributed by atoms with Crippen LogP contribution in [0.3, 0.4) is 0 Å². The first-order valence-electron chi connectivity index (χ1n) is 21.6. The number of carbonyl (C=O) groups is 5.